The Hall–Kier alpha value is -1.70. The summed E-state index contributed by atoms with van der Waals surface area (Å²) in [7, 11) is 0. The van der Waals surface area contributed by atoms with Gasteiger partial charge in [-0.25, -0.2) is 0 Å². The molecule has 23 heavy (non-hydrogen) atoms. The zero-order valence-electron chi connectivity index (χ0n) is 12.0. The zero-order chi connectivity index (χ0) is 16.4. The number of aliphatic hydroxyl groups excluding tert-OH is 2. The van der Waals surface area contributed by atoms with E-state index in [0.717, 1.165) is 4.46 Å². The van der Waals surface area contributed by atoms with Crippen molar-refractivity contribution >= 4 is 19.4 Å². The van der Waals surface area contributed by atoms with E-state index in [9.17, 15) is 19.8 Å². The number of nitrogens with one attached hydrogen (secondary N) is 1. The van der Waals surface area contributed by atoms with Gasteiger partial charge in [-0.2, -0.15) is 0 Å². The van der Waals surface area contributed by atoms with Crippen LogP contribution >= 0.6 is 0 Å². The van der Waals surface area contributed by atoms with Crippen LogP contribution in [0, 0.1) is 0 Å². The molecule has 122 valence electrons. The summed E-state index contributed by atoms with van der Waals surface area (Å²) >= 11 is -0.176. The van der Waals surface area contributed by atoms with Gasteiger partial charge in [-0.3, -0.25) is 0 Å². The molecule has 1 aromatic heterocycles. The Morgan fingerprint density at radius 2 is 1.96 bits per heavy atom. The van der Waals surface area contributed by atoms with Gasteiger partial charge in [0.15, 0.2) is 0 Å². The zero-order valence-corrected chi connectivity index (χ0v) is 13.7. The molecule has 0 radical (unpaired) electrons. The fourth-order valence-corrected chi connectivity index (χ4v) is 5.14. The summed E-state index contributed by atoms with van der Waals surface area (Å²) in [6.45, 7) is -0.336. The Morgan fingerprint density at radius 1 is 1.22 bits per heavy atom. The third-order valence-electron chi connectivity index (χ3n) is 3.63. The first-order valence-corrected chi connectivity index (χ1v) is 8.92. The van der Waals surface area contributed by atoms with Crippen LogP contribution in [0.15, 0.2) is 52.2 Å². The molecule has 0 amide bonds. The van der Waals surface area contributed by atoms with Gasteiger partial charge >= 0.3 is 137 Å². The van der Waals surface area contributed by atoms with E-state index in [-0.39, 0.29) is 26.4 Å². The molecule has 7 nitrogen and oxygen atoms in total. The molecule has 4 unspecified atom stereocenters. The van der Waals surface area contributed by atoms with Gasteiger partial charge in [-0.15, -0.1) is 0 Å². The van der Waals surface area contributed by atoms with Crippen LogP contribution in [0.1, 0.15) is 6.23 Å². The molecule has 1 aliphatic heterocycles. The van der Waals surface area contributed by atoms with Gasteiger partial charge in [-0.1, -0.05) is 0 Å². The molecule has 0 saturated carbocycles. The maximum absolute atomic E-state index is 12.0. The molecule has 0 aliphatic carbocycles. The van der Waals surface area contributed by atoms with E-state index >= 15 is 0 Å². The molecular weight excluding hydrogens is 367 g/mol. The number of aliphatic hydroxyl groups is 2. The molecule has 2 aromatic rings. The van der Waals surface area contributed by atoms with Crippen LogP contribution in [0.3, 0.4) is 0 Å². The third-order valence-corrected chi connectivity index (χ3v) is 6.42. The summed E-state index contributed by atoms with van der Waals surface area (Å²) < 4.78 is 7.98. The van der Waals surface area contributed by atoms with E-state index in [1.807, 2.05) is 30.3 Å². The Kier molecular flexibility index (Phi) is 4.79. The van der Waals surface area contributed by atoms with E-state index < -0.39 is 29.7 Å². The van der Waals surface area contributed by atoms with Gasteiger partial charge in [0, 0.05) is 0 Å². The number of ether oxygens (including phenoxy) is 1. The quantitative estimate of drug-likeness (QED) is 0.564. The summed E-state index contributed by atoms with van der Waals surface area (Å²) in [5, 5.41) is 19.8. The summed E-state index contributed by atoms with van der Waals surface area (Å²) in [5.41, 5.74) is -1.09. The van der Waals surface area contributed by atoms with Gasteiger partial charge in [0.25, 0.3) is 0 Å². The predicted molar refractivity (Wildman–Crippen MR) is 83.9 cm³/mol. The van der Waals surface area contributed by atoms with E-state index in [0.29, 0.717) is 0 Å². The van der Waals surface area contributed by atoms with Crippen molar-refractivity contribution in [2.75, 3.05) is 6.61 Å². The number of aromatic nitrogens is 2. The Morgan fingerprint density at radius 3 is 2.61 bits per heavy atom. The van der Waals surface area contributed by atoms with Crippen LogP contribution in [0.4, 0.5) is 0 Å². The van der Waals surface area contributed by atoms with Gasteiger partial charge in [0.1, 0.15) is 0 Å². The van der Waals surface area contributed by atoms with Crippen LogP contribution in [0.25, 0.3) is 0 Å². The van der Waals surface area contributed by atoms with Crippen LogP contribution in [-0.2, 0) is 4.74 Å². The summed E-state index contributed by atoms with van der Waals surface area (Å²) in [6.07, 6.45) is -1.02. The standard InChI is InChI=1S/C15H16N2O5Se/c18-8-10-12(20)13(23-9-4-2-1-3-5-9)14(22-10)17-7-6-11(19)16-15(17)21/h1-7,10,12-14,18,20H,8H2,(H,16,19,21). The average molecular weight is 383 g/mol. The van der Waals surface area contributed by atoms with Crippen molar-refractivity contribution in [2.24, 2.45) is 0 Å². The molecule has 1 fully saturated rings. The molecule has 4 atom stereocenters. The van der Waals surface area contributed by atoms with Gasteiger partial charge in [0.2, 0.25) is 0 Å². The normalized spacial score (nSPS) is 27.2. The van der Waals surface area contributed by atoms with Gasteiger partial charge < -0.3 is 0 Å². The Bertz CT molecular complexity index is 775. The SMILES string of the molecule is O=c1ccn(C2OC(CO)C(O)C2[Se]c2ccccc2)c(=O)[nH]1. The number of hydrogen-bond donors (Lipinski definition) is 3. The fourth-order valence-electron chi connectivity index (χ4n) is 2.50. The first kappa shape index (κ1) is 16.2. The van der Waals surface area contributed by atoms with Crippen molar-refractivity contribution in [3.05, 3.63) is 63.4 Å². The average Bonchev–Trinajstić information content (AvgIpc) is 2.85. The monoisotopic (exact) mass is 384 g/mol. The molecule has 1 aliphatic rings. The molecular formula is C15H16N2O5Se. The number of aromatic amines is 1. The van der Waals surface area contributed by atoms with E-state index in [1.165, 1.54) is 16.8 Å². The molecule has 0 bridgehead atoms. The molecule has 3 N–H and O–H groups in total. The third kappa shape index (κ3) is 3.31. The molecule has 1 saturated heterocycles. The summed E-state index contributed by atoms with van der Waals surface area (Å²) in [5.74, 6) is 0. The molecule has 1 aromatic carbocycles. The molecule has 3 rings (SSSR count). The van der Waals surface area contributed by atoms with E-state index in [1.54, 1.807) is 0 Å². The Balaban J connectivity index is 1.95. The van der Waals surface area contributed by atoms with Crippen LogP contribution in [-0.4, -0.2) is 53.5 Å². The van der Waals surface area contributed by atoms with Crippen LogP contribution < -0.4 is 15.7 Å². The topological polar surface area (TPSA) is 105 Å². The number of rotatable bonds is 4. The number of hydrogen-bond acceptors (Lipinski definition) is 5. The van der Waals surface area contributed by atoms with Crippen molar-refractivity contribution in [1.29, 1.82) is 0 Å². The second-order valence-corrected chi connectivity index (χ2v) is 7.78. The van der Waals surface area contributed by atoms with Crippen molar-refractivity contribution < 1.29 is 14.9 Å². The predicted octanol–water partition coefficient (Wildman–Crippen LogP) is -1.39. The second-order valence-electron chi connectivity index (χ2n) is 5.15. The maximum atomic E-state index is 12.0. The summed E-state index contributed by atoms with van der Waals surface area (Å²) in [4.78, 5) is 25.1. The minimum atomic E-state index is -0.885. The number of benzene rings is 1. The first-order chi connectivity index (χ1) is 11.1. The first-order valence-electron chi connectivity index (χ1n) is 7.07. The second kappa shape index (κ2) is 6.82. The number of H-pyrrole nitrogens is 1. The van der Waals surface area contributed by atoms with Crippen molar-refractivity contribution in [3.8, 4) is 0 Å². The minimum absolute atomic E-state index is 0.176. The van der Waals surface area contributed by atoms with E-state index in [2.05, 4.69) is 4.98 Å². The molecule has 8 heteroatoms. The molecule has 0 spiro atoms. The van der Waals surface area contributed by atoms with E-state index in [4.69, 9.17) is 4.74 Å². The van der Waals surface area contributed by atoms with Crippen LogP contribution in [0.5, 0.6) is 0 Å². The van der Waals surface area contributed by atoms with Gasteiger partial charge in [-0.05, 0) is 0 Å². The molecule has 2 heterocycles. The van der Waals surface area contributed by atoms with Crippen molar-refractivity contribution in [1.82, 2.24) is 9.55 Å². The van der Waals surface area contributed by atoms with Crippen LogP contribution in [0.2, 0.25) is 4.82 Å². The van der Waals surface area contributed by atoms with Gasteiger partial charge in [0.05, 0.1) is 0 Å². The Labute approximate surface area is 137 Å². The fraction of sp³-hybridized carbons (Fsp3) is 0.333. The summed E-state index contributed by atoms with van der Waals surface area (Å²) in [6, 6.07) is 10.9. The number of nitrogens with zero attached hydrogens (tertiary/aromatic N) is 1. The van der Waals surface area contributed by atoms with Crippen molar-refractivity contribution in [3.63, 3.8) is 0 Å². The van der Waals surface area contributed by atoms with Crippen molar-refractivity contribution in [2.45, 2.75) is 23.3 Å².